The summed E-state index contributed by atoms with van der Waals surface area (Å²) in [6.45, 7) is 0.357. The minimum absolute atomic E-state index is 0.220. The number of nitrogens with one attached hydrogen (secondary N) is 1. The lowest BCUT2D eigenvalue weighted by molar-refractivity contribution is 0.0940. The Morgan fingerprint density at radius 1 is 1.16 bits per heavy atom. The first-order valence-corrected chi connectivity index (χ1v) is 10.6. The van der Waals surface area contributed by atoms with E-state index in [1.165, 1.54) is 11.3 Å². The van der Waals surface area contributed by atoms with Gasteiger partial charge in [0.1, 0.15) is 30.0 Å². The third-order valence-corrected chi connectivity index (χ3v) is 5.44. The Morgan fingerprint density at radius 2 is 2.00 bits per heavy atom. The van der Waals surface area contributed by atoms with Crippen LogP contribution in [0.15, 0.2) is 71.8 Å². The maximum Gasteiger partial charge on any atom is 0.252 e. The highest BCUT2D eigenvalue weighted by Crippen LogP contribution is 2.24. The van der Waals surface area contributed by atoms with Crippen LogP contribution in [0.3, 0.4) is 0 Å². The van der Waals surface area contributed by atoms with Crippen molar-refractivity contribution in [3.05, 3.63) is 94.5 Å². The van der Waals surface area contributed by atoms with Gasteiger partial charge in [-0.3, -0.25) is 4.79 Å². The molecule has 0 fully saturated rings. The maximum atomic E-state index is 13.1. The van der Waals surface area contributed by atoms with Crippen molar-refractivity contribution >= 4 is 17.2 Å². The molecular weight excluding hydrogens is 412 g/mol. The molecule has 1 amide bonds. The van der Waals surface area contributed by atoms with Crippen molar-refractivity contribution in [1.29, 1.82) is 0 Å². The summed E-state index contributed by atoms with van der Waals surface area (Å²) in [4.78, 5) is 21.8. The maximum absolute atomic E-state index is 13.1. The molecule has 8 heteroatoms. The van der Waals surface area contributed by atoms with Crippen LogP contribution in [0, 0.1) is 0 Å². The number of ether oxygens (including phenoxy) is 2. The van der Waals surface area contributed by atoms with Crippen LogP contribution < -0.4 is 14.8 Å². The van der Waals surface area contributed by atoms with Gasteiger partial charge in [-0.05, 0) is 35.9 Å². The van der Waals surface area contributed by atoms with Gasteiger partial charge in [-0.1, -0.05) is 18.2 Å². The molecule has 7 nitrogen and oxygen atoms in total. The lowest BCUT2D eigenvalue weighted by Gasteiger charge is -2.20. The fourth-order valence-electron chi connectivity index (χ4n) is 3.16. The Kier molecular flexibility index (Phi) is 6.28. The van der Waals surface area contributed by atoms with E-state index in [0.717, 1.165) is 22.8 Å². The first-order valence-electron chi connectivity index (χ1n) is 9.66. The number of rotatable bonds is 8. The number of aromatic nitrogens is 3. The van der Waals surface area contributed by atoms with Crippen molar-refractivity contribution in [2.75, 3.05) is 7.11 Å². The SMILES string of the molecule is COc1ccc(C(NC(=O)c2cccc(OCc3cscn3)c2)c2nccn2C)cc1. The van der Waals surface area contributed by atoms with E-state index in [0.29, 0.717) is 17.9 Å². The summed E-state index contributed by atoms with van der Waals surface area (Å²) >= 11 is 1.52. The Bertz CT molecular complexity index is 1140. The molecule has 2 heterocycles. The number of thiazole rings is 1. The average molecular weight is 435 g/mol. The van der Waals surface area contributed by atoms with Crippen molar-refractivity contribution in [1.82, 2.24) is 19.9 Å². The molecule has 0 saturated heterocycles. The van der Waals surface area contributed by atoms with Gasteiger partial charge in [0.15, 0.2) is 0 Å². The second-order valence-electron chi connectivity index (χ2n) is 6.87. The van der Waals surface area contributed by atoms with E-state index in [1.807, 2.05) is 53.5 Å². The van der Waals surface area contributed by atoms with E-state index < -0.39 is 6.04 Å². The number of aryl methyl sites for hydroxylation is 1. The number of amides is 1. The fraction of sp³-hybridized carbons (Fsp3) is 0.174. The molecule has 0 saturated carbocycles. The highest BCUT2D eigenvalue weighted by Gasteiger charge is 2.22. The largest absolute Gasteiger partial charge is 0.497 e. The molecular formula is C23H22N4O3S. The van der Waals surface area contributed by atoms with Crippen LogP contribution in [0.2, 0.25) is 0 Å². The van der Waals surface area contributed by atoms with Gasteiger partial charge in [-0.2, -0.15) is 0 Å². The van der Waals surface area contributed by atoms with E-state index in [4.69, 9.17) is 9.47 Å². The molecule has 4 rings (SSSR count). The predicted octanol–water partition coefficient (Wildman–Crippen LogP) is 3.98. The summed E-state index contributed by atoms with van der Waals surface area (Å²) < 4.78 is 12.9. The van der Waals surface area contributed by atoms with Gasteiger partial charge in [-0.15, -0.1) is 11.3 Å². The van der Waals surface area contributed by atoms with Crippen molar-refractivity contribution in [3.8, 4) is 11.5 Å². The lowest BCUT2D eigenvalue weighted by atomic mass is 10.0. The molecule has 31 heavy (non-hydrogen) atoms. The van der Waals surface area contributed by atoms with Gasteiger partial charge in [0.05, 0.1) is 18.3 Å². The van der Waals surface area contributed by atoms with Crippen LogP contribution in [0.4, 0.5) is 0 Å². The number of methoxy groups -OCH3 is 1. The Balaban J connectivity index is 1.54. The third-order valence-electron chi connectivity index (χ3n) is 4.81. The first kappa shape index (κ1) is 20.6. The number of carbonyl (C=O) groups is 1. The molecule has 158 valence electrons. The number of benzene rings is 2. The highest BCUT2D eigenvalue weighted by molar-refractivity contribution is 7.07. The zero-order valence-electron chi connectivity index (χ0n) is 17.2. The molecule has 1 N–H and O–H groups in total. The van der Waals surface area contributed by atoms with Crippen LogP contribution in [-0.4, -0.2) is 27.6 Å². The van der Waals surface area contributed by atoms with Crippen LogP contribution >= 0.6 is 11.3 Å². The molecule has 0 radical (unpaired) electrons. The van der Waals surface area contributed by atoms with Gasteiger partial charge in [0, 0.05) is 30.4 Å². The van der Waals surface area contributed by atoms with Crippen LogP contribution in [-0.2, 0) is 13.7 Å². The van der Waals surface area contributed by atoms with Crippen molar-refractivity contribution in [2.45, 2.75) is 12.6 Å². The third kappa shape index (κ3) is 4.92. The molecule has 1 atom stereocenters. The van der Waals surface area contributed by atoms with Gasteiger partial charge in [0.2, 0.25) is 0 Å². The van der Waals surface area contributed by atoms with Crippen LogP contribution in [0.5, 0.6) is 11.5 Å². The summed E-state index contributed by atoms with van der Waals surface area (Å²) in [6, 6.07) is 14.3. The molecule has 0 spiro atoms. The quantitative estimate of drug-likeness (QED) is 0.454. The molecule has 2 aromatic carbocycles. The molecule has 1 unspecified atom stereocenters. The summed E-state index contributed by atoms with van der Waals surface area (Å²) in [7, 11) is 3.52. The number of hydrogen-bond donors (Lipinski definition) is 1. The Morgan fingerprint density at radius 3 is 2.68 bits per heavy atom. The van der Waals surface area contributed by atoms with Gasteiger partial charge in [0.25, 0.3) is 5.91 Å². The number of nitrogens with zero attached hydrogens (tertiary/aromatic N) is 3. The van der Waals surface area contributed by atoms with Crippen LogP contribution in [0.1, 0.15) is 33.5 Å². The zero-order valence-corrected chi connectivity index (χ0v) is 18.0. The van der Waals surface area contributed by atoms with E-state index >= 15 is 0 Å². The van der Waals surface area contributed by atoms with Crippen molar-refractivity contribution in [3.63, 3.8) is 0 Å². The smallest absolute Gasteiger partial charge is 0.252 e. The average Bonchev–Trinajstić information content (AvgIpc) is 3.48. The van der Waals surface area contributed by atoms with Gasteiger partial charge < -0.3 is 19.4 Å². The molecule has 0 aliphatic heterocycles. The Labute approximate surface area is 184 Å². The van der Waals surface area contributed by atoms with Crippen LogP contribution in [0.25, 0.3) is 0 Å². The normalized spacial score (nSPS) is 11.7. The Hall–Kier alpha value is -3.65. The fourth-order valence-corrected chi connectivity index (χ4v) is 3.70. The number of hydrogen-bond acceptors (Lipinski definition) is 6. The molecule has 0 bridgehead atoms. The first-order chi connectivity index (χ1) is 15.1. The van der Waals surface area contributed by atoms with Gasteiger partial charge in [-0.25, -0.2) is 9.97 Å². The van der Waals surface area contributed by atoms with Gasteiger partial charge >= 0.3 is 0 Å². The van der Waals surface area contributed by atoms with Crippen molar-refractivity contribution in [2.24, 2.45) is 7.05 Å². The highest BCUT2D eigenvalue weighted by atomic mass is 32.1. The van der Waals surface area contributed by atoms with E-state index in [9.17, 15) is 4.79 Å². The topological polar surface area (TPSA) is 78.3 Å². The number of carbonyl (C=O) groups excluding carboxylic acids is 1. The zero-order chi connectivity index (χ0) is 21.6. The predicted molar refractivity (Wildman–Crippen MR) is 118 cm³/mol. The summed E-state index contributed by atoms with van der Waals surface area (Å²) in [5.41, 5.74) is 4.02. The lowest BCUT2D eigenvalue weighted by Crippen LogP contribution is -2.31. The number of imidazole rings is 1. The molecule has 0 aliphatic rings. The van der Waals surface area contributed by atoms with E-state index in [1.54, 1.807) is 37.0 Å². The summed E-state index contributed by atoms with van der Waals surface area (Å²) in [6.07, 6.45) is 3.57. The monoisotopic (exact) mass is 434 g/mol. The molecule has 4 aromatic rings. The summed E-state index contributed by atoms with van der Waals surface area (Å²) in [5.74, 6) is 1.87. The second kappa shape index (κ2) is 9.44. The van der Waals surface area contributed by atoms with E-state index in [2.05, 4.69) is 15.3 Å². The molecule has 2 aromatic heterocycles. The minimum atomic E-state index is -0.419. The summed E-state index contributed by atoms with van der Waals surface area (Å²) in [5, 5.41) is 5.03. The molecule has 0 aliphatic carbocycles. The second-order valence-corrected chi connectivity index (χ2v) is 7.59. The minimum Gasteiger partial charge on any atom is -0.497 e. The standard InChI is InChI=1S/C23H22N4O3S/c1-27-11-10-24-22(27)21(16-6-8-19(29-2)9-7-16)26-23(28)17-4-3-5-20(12-17)30-13-18-14-31-15-25-18/h3-12,14-15,21H,13H2,1-2H3,(H,26,28). The van der Waals surface area contributed by atoms with E-state index in [-0.39, 0.29) is 5.91 Å². The van der Waals surface area contributed by atoms with Crippen molar-refractivity contribution < 1.29 is 14.3 Å².